The van der Waals surface area contributed by atoms with Gasteiger partial charge in [0.1, 0.15) is 5.78 Å². The van der Waals surface area contributed by atoms with E-state index in [9.17, 15) is 59.1 Å². The van der Waals surface area contributed by atoms with Crippen LogP contribution in [0, 0.1) is 17.8 Å². The van der Waals surface area contributed by atoms with Gasteiger partial charge >= 0.3 is 35.9 Å². The molecule has 2 saturated heterocycles. The third kappa shape index (κ3) is 17.8. The number of urea groups is 1. The van der Waals surface area contributed by atoms with Gasteiger partial charge in [0.15, 0.2) is 0 Å². The number of anilines is 1. The summed E-state index contributed by atoms with van der Waals surface area (Å²) in [5.74, 6) is 0.409. The number of nitrogens with one attached hydrogen (secondary N) is 3. The van der Waals surface area contributed by atoms with Crippen molar-refractivity contribution >= 4 is 76.3 Å². The zero-order valence-corrected chi connectivity index (χ0v) is 35.7. The number of amides is 2. The fourth-order valence-electron chi connectivity index (χ4n) is 7.30. The number of unbranched alkanes of at least 4 members (excludes halogenated alkanes) is 3. The van der Waals surface area contributed by atoms with Crippen molar-refractivity contribution < 1.29 is 59.1 Å². The Balaban J connectivity index is 1.26. The molecule has 4 unspecified atom stereocenters. The first-order chi connectivity index (χ1) is 29.5. The van der Waals surface area contributed by atoms with Gasteiger partial charge in [0.25, 0.3) is 0 Å². The number of thiocarbonyl (C=S) groups is 1. The van der Waals surface area contributed by atoms with Crippen LogP contribution in [-0.4, -0.2) is 136 Å². The molecule has 0 radical (unpaired) electrons. The van der Waals surface area contributed by atoms with Gasteiger partial charge in [0.2, 0.25) is 0 Å². The molecule has 2 amide bonds. The zero-order valence-electron chi connectivity index (χ0n) is 34.0. The molecular formula is C42H52N6O12S2. The number of aromatic nitrogens is 1. The summed E-state index contributed by atoms with van der Waals surface area (Å²) in [5.41, 5.74) is 2.02. The van der Waals surface area contributed by atoms with Crippen molar-refractivity contribution in [2.75, 3.05) is 37.2 Å². The molecular weight excluding hydrogens is 845 g/mol. The van der Waals surface area contributed by atoms with Gasteiger partial charge in [-0.1, -0.05) is 43.3 Å². The maximum atomic E-state index is 12.4. The second-order valence-corrected chi connectivity index (χ2v) is 17.1. The minimum atomic E-state index is -1.26. The monoisotopic (exact) mass is 896 g/mol. The average Bonchev–Trinajstić information content (AvgIpc) is 3.73. The van der Waals surface area contributed by atoms with Gasteiger partial charge in [0.05, 0.1) is 60.6 Å². The normalized spacial score (nSPS) is 17.0. The third-order valence-electron chi connectivity index (χ3n) is 10.1. The molecule has 334 valence electrons. The van der Waals surface area contributed by atoms with Crippen LogP contribution >= 0.6 is 24.0 Å². The molecule has 4 rings (SSSR count). The highest BCUT2D eigenvalue weighted by molar-refractivity contribution is 8.00. The number of pyridine rings is 1. The molecule has 20 heteroatoms. The summed E-state index contributed by atoms with van der Waals surface area (Å²) in [6.45, 7) is -2.79. The number of carboxylic acids is 5. The Kier molecular flexibility index (Phi) is 19.6. The molecule has 0 spiro atoms. The maximum absolute atomic E-state index is 12.4. The summed E-state index contributed by atoms with van der Waals surface area (Å²) in [4.78, 5) is 88.6. The molecule has 2 fully saturated rings. The number of fused-ring (bicyclic) bond motifs is 1. The molecule has 18 nitrogen and oxygen atoms in total. The van der Waals surface area contributed by atoms with Crippen LogP contribution in [0.15, 0.2) is 36.4 Å². The van der Waals surface area contributed by atoms with E-state index in [0.29, 0.717) is 59.2 Å². The van der Waals surface area contributed by atoms with Gasteiger partial charge in [-0.05, 0) is 62.1 Å². The van der Waals surface area contributed by atoms with Crippen LogP contribution in [0.1, 0.15) is 86.7 Å². The van der Waals surface area contributed by atoms with Crippen molar-refractivity contribution in [1.82, 2.24) is 25.4 Å². The Morgan fingerprint density at radius 3 is 1.87 bits per heavy atom. The number of aliphatic carboxylic acids is 5. The molecule has 2 aliphatic heterocycles. The van der Waals surface area contributed by atoms with Crippen LogP contribution in [0.3, 0.4) is 0 Å². The molecule has 4 atom stereocenters. The average molecular weight is 897 g/mol. The number of thioether (sulfide) groups is 1. The number of benzene rings is 1. The molecule has 3 heterocycles. The largest absolute Gasteiger partial charge is 0.481 e. The summed E-state index contributed by atoms with van der Waals surface area (Å²) in [5, 5.41) is 56.4. The molecule has 8 N–H and O–H groups in total. The lowest BCUT2D eigenvalue weighted by molar-refractivity contribution is -0.144. The number of ketones is 1. The Bertz CT molecular complexity index is 1940. The molecule has 2 aromatic rings. The highest BCUT2D eigenvalue weighted by atomic mass is 32.2. The van der Waals surface area contributed by atoms with E-state index in [0.717, 1.165) is 41.2 Å². The number of carbonyl (C=O) groups excluding carboxylic acids is 2. The van der Waals surface area contributed by atoms with E-state index < -0.39 is 61.9 Å². The van der Waals surface area contributed by atoms with Crippen molar-refractivity contribution in [2.24, 2.45) is 5.92 Å². The predicted octanol–water partition coefficient (Wildman–Crippen LogP) is 3.50. The third-order valence-corrected chi connectivity index (χ3v) is 11.9. The number of hydrogen-bond donors (Lipinski definition) is 8. The van der Waals surface area contributed by atoms with E-state index in [-0.39, 0.29) is 54.8 Å². The first kappa shape index (κ1) is 49.0. The van der Waals surface area contributed by atoms with E-state index in [1.165, 1.54) is 12.1 Å². The van der Waals surface area contributed by atoms with E-state index in [2.05, 4.69) is 32.8 Å². The van der Waals surface area contributed by atoms with E-state index in [1.807, 2.05) is 11.8 Å². The van der Waals surface area contributed by atoms with Crippen LogP contribution < -0.4 is 16.0 Å². The van der Waals surface area contributed by atoms with Crippen LogP contribution in [0.5, 0.6) is 0 Å². The Hall–Kier alpha value is -5.62. The quantitative estimate of drug-likeness (QED) is 0.0276. The van der Waals surface area contributed by atoms with Gasteiger partial charge in [-0.2, -0.15) is 11.8 Å². The fraction of sp³-hybridized carbons (Fsp3) is 0.500. The molecule has 1 aromatic heterocycles. The maximum Gasteiger partial charge on any atom is 0.317 e. The molecule has 0 bridgehead atoms. The van der Waals surface area contributed by atoms with Gasteiger partial charge in [-0.15, -0.1) is 0 Å². The molecule has 1 aromatic carbocycles. The van der Waals surface area contributed by atoms with E-state index in [4.69, 9.17) is 12.2 Å². The van der Waals surface area contributed by atoms with Gasteiger partial charge in [0, 0.05) is 60.2 Å². The summed E-state index contributed by atoms with van der Waals surface area (Å²) < 4.78 is 0. The molecule has 2 aliphatic rings. The highest BCUT2D eigenvalue weighted by Crippen LogP contribution is 2.33. The number of hydrogen-bond acceptors (Lipinski definition) is 12. The summed E-state index contributed by atoms with van der Waals surface area (Å²) >= 11 is 7.36. The van der Waals surface area contributed by atoms with Gasteiger partial charge < -0.3 is 41.5 Å². The van der Waals surface area contributed by atoms with Crippen molar-refractivity contribution in [3.63, 3.8) is 0 Å². The fourth-order valence-corrected chi connectivity index (χ4v) is 9.16. The summed E-state index contributed by atoms with van der Waals surface area (Å²) in [6, 6.07) is 10.2. The van der Waals surface area contributed by atoms with Gasteiger partial charge in [-0.25, -0.2) is 4.79 Å². The Morgan fingerprint density at radius 1 is 0.774 bits per heavy atom. The van der Waals surface area contributed by atoms with Crippen LogP contribution in [0.4, 0.5) is 10.5 Å². The lowest BCUT2D eigenvalue weighted by Crippen LogP contribution is -2.36. The van der Waals surface area contributed by atoms with Crippen LogP contribution in [0.25, 0.3) is 0 Å². The van der Waals surface area contributed by atoms with E-state index >= 15 is 0 Å². The first-order valence-electron chi connectivity index (χ1n) is 20.2. The second kappa shape index (κ2) is 24.7. The molecule has 62 heavy (non-hydrogen) atoms. The first-order valence-corrected chi connectivity index (χ1v) is 21.7. The lowest BCUT2D eigenvalue weighted by Gasteiger charge is -2.20. The minimum Gasteiger partial charge on any atom is -0.481 e. The smallest absolute Gasteiger partial charge is 0.317 e. The number of nitrogens with zero attached hydrogens (tertiary/aromatic N) is 3. The van der Waals surface area contributed by atoms with Crippen molar-refractivity contribution in [3.8, 4) is 11.8 Å². The minimum absolute atomic E-state index is 0.101. The van der Waals surface area contributed by atoms with Crippen LogP contribution in [-0.2, 0) is 41.9 Å². The second-order valence-electron chi connectivity index (χ2n) is 15.3. The summed E-state index contributed by atoms with van der Waals surface area (Å²) in [6.07, 6.45) is 6.32. The number of Topliss-reactive ketones (excluding diaryl/α,β-unsaturated/α-hetero) is 1. The lowest BCUT2D eigenvalue weighted by atomic mass is 9.96. The standard InChI is InChI=1S/C42H52N6O12S2/c49-32(8-4-5-9-34-40-33(25-62-34)45-42(60)46-40)7-3-1-2-6-28(41(58)59)18-35(61)44-29-14-12-26(13-15-29)10-11-27-16-30(19-47(21-36(50)51)22-37(52)53)43-31(17-27)20-48(23-38(54)55)24-39(56)57/h12-17,28,33-34,40H,1-9,18-25H2,(H,44,61)(H,50,51)(H,52,53)(H,54,55)(H,56,57)(H,58,59)(H2,45,46,60). The van der Waals surface area contributed by atoms with Crippen molar-refractivity contribution in [1.29, 1.82) is 0 Å². The van der Waals surface area contributed by atoms with E-state index in [1.54, 1.807) is 24.3 Å². The zero-order chi connectivity index (χ0) is 45.2. The molecule has 0 saturated carbocycles. The Labute approximate surface area is 368 Å². The topological polar surface area (TPSA) is 276 Å². The highest BCUT2D eigenvalue weighted by Gasteiger charge is 2.42. The number of carboxylic acid groups (broad SMARTS) is 5. The molecule has 0 aliphatic carbocycles. The Morgan fingerprint density at radius 2 is 1.32 bits per heavy atom. The van der Waals surface area contributed by atoms with Gasteiger partial charge in [-0.3, -0.25) is 43.6 Å². The number of carbonyl (C=O) groups is 7. The van der Waals surface area contributed by atoms with Crippen molar-refractivity contribution in [2.45, 2.75) is 94.6 Å². The van der Waals surface area contributed by atoms with Crippen molar-refractivity contribution in [3.05, 3.63) is 58.9 Å². The number of rotatable bonds is 27. The SMILES string of the molecule is O=C(O)CN(CC(=O)O)Cc1cc(C#Cc2ccc(NC(=S)CC(CCCCCC(=O)CCCCC3SCC4NC(=O)NC43)C(=O)O)cc2)cc(CN(CC(=O)O)CC(=O)O)n1. The summed E-state index contributed by atoms with van der Waals surface area (Å²) in [7, 11) is 0. The predicted molar refractivity (Wildman–Crippen MR) is 232 cm³/mol. The van der Waals surface area contributed by atoms with Crippen LogP contribution in [0.2, 0.25) is 0 Å².